The van der Waals surface area contributed by atoms with Crippen molar-refractivity contribution in [2.75, 3.05) is 0 Å². The van der Waals surface area contributed by atoms with Crippen molar-refractivity contribution in [3.8, 4) is 5.88 Å². The van der Waals surface area contributed by atoms with Crippen molar-refractivity contribution in [1.29, 1.82) is 0 Å². The molecule has 112 valence electrons. The second-order valence-electron chi connectivity index (χ2n) is 6.95. The lowest BCUT2D eigenvalue weighted by atomic mass is 9.71. The van der Waals surface area contributed by atoms with Gasteiger partial charge in [-0.3, -0.25) is 0 Å². The van der Waals surface area contributed by atoms with Crippen LogP contribution in [0.1, 0.15) is 58.2 Å². The van der Waals surface area contributed by atoms with Gasteiger partial charge in [0.25, 0.3) is 0 Å². The number of aryl methyl sites for hydroxylation is 1. The summed E-state index contributed by atoms with van der Waals surface area (Å²) >= 11 is 5.96. The molecular weight excluding hydrogens is 270 g/mol. The molecule has 2 rings (SSSR count). The number of ether oxygens (including phenoxy) is 1. The van der Waals surface area contributed by atoms with Gasteiger partial charge in [-0.2, -0.15) is 0 Å². The molecule has 1 aromatic rings. The Hall–Kier alpha value is -0.760. The topological polar surface area (TPSA) is 22.1 Å². The molecule has 2 atom stereocenters. The molecule has 1 fully saturated rings. The Morgan fingerprint density at radius 2 is 2.10 bits per heavy atom. The molecule has 1 saturated carbocycles. The van der Waals surface area contributed by atoms with Crippen LogP contribution in [0.2, 0.25) is 0 Å². The zero-order valence-electron chi connectivity index (χ0n) is 13.1. The number of alkyl halides is 1. The fraction of sp³-hybridized carbons (Fsp3) is 0.706. The Kier molecular flexibility index (Phi) is 4.95. The van der Waals surface area contributed by atoms with Crippen molar-refractivity contribution in [3.05, 3.63) is 23.4 Å². The predicted molar refractivity (Wildman–Crippen MR) is 84.4 cm³/mol. The predicted octanol–water partition coefficient (Wildman–Crippen LogP) is 4.98. The van der Waals surface area contributed by atoms with Crippen LogP contribution in [0.4, 0.5) is 0 Å². The highest BCUT2D eigenvalue weighted by molar-refractivity contribution is 6.17. The van der Waals surface area contributed by atoms with E-state index in [2.05, 4.69) is 38.7 Å². The molecule has 0 aromatic carbocycles. The summed E-state index contributed by atoms with van der Waals surface area (Å²) in [5.74, 6) is 1.97. The molecule has 0 aliphatic heterocycles. The molecule has 1 aliphatic carbocycles. The van der Waals surface area contributed by atoms with E-state index < -0.39 is 0 Å². The standard InChI is InChI=1S/C17H26ClNO/c1-5-14-7-13(11-18)8-16(19-14)20-15-6-12(2)9-17(3,4)10-15/h7-8,12,15H,5-6,9-11H2,1-4H3. The lowest BCUT2D eigenvalue weighted by Gasteiger charge is -2.38. The summed E-state index contributed by atoms with van der Waals surface area (Å²) in [6.07, 6.45) is 4.69. The van der Waals surface area contributed by atoms with Gasteiger partial charge in [-0.1, -0.05) is 27.7 Å². The van der Waals surface area contributed by atoms with E-state index in [-0.39, 0.29) is 6.10 Å². The zero-order chi connectivity index (χ0) is 14.8. The summed E-state index contributed by atoms with van der Waals surface area (Å²) in [5, 5.41) is 0. The van der Waals surface area contributed by atoms with Crippen molar-refractivity contribution in [1.82, 2.24) is 4.98 Å². The Bertz CT molecular complexity index is 436. The van der Waals surface area contributed by atoms with Gasteiger partial charge in [0.1, 0.15) is 6.10 Å². The molecular formula is C17H26ClNO. The smallest absolute Gasteiger partial charge is 0.214 e. The van der Waals surface area contributed by atoms with Gasteiger partial charge in [0.05, 0.1) is 0 Å². The van der Waals surface area contributed by atoms with Gasteiger partial charge in [-0.25, -0.2) is 4.98 Å². The van der Waals surface area contributed by atoms with Crippen molar-refractivity contribution < 1.29 is 4.74 Å². The van der Waals surface area contributed by atoms with Crippen LogP contribution in [0.15, 0.2) is 12.1 Å². The van der Waals surface area contributed by atoms with Crippen LogP contribution in [0.25, 0.3) is 0 Å². The highest BCUT2D eigenvalue weighted by Crippen LogP contribution is 2.39. The molecule has 2 nitrogen and oxygen atoms in total. The van der Waals surface area contributed by atoms with Crippen LogP contribution in [-0.2, 0) is 12.3 Å². The molecule has 1 aliphatic rings. The number of pyridine rings is 1. The molecule has 0 N–H and O–H groups in total. The van der Waals surface area contributed by atoms with Crippen LogP contribution >= 0.6 is 11.6 Å². The fourth-order valence-corrected chi connectivity index (χ4v) is 3.61. The lowest BCUT2D eigenvalue weighted by Crippen LogP contribution is -2.34. The van der Waals surface area contributed by atoms with Gasteiger partial charge >= 0.3 is 0 Å². The highest BCUT2D eigenvalue weighted by atomic mass is 35.5. The quantitative estimate of drug-likeness (QED) is 0.731. The normalized spacial score (nSPS) is 25.4. The Morgan fingerprint density at radius 3 is 2.70 bits per heavy atom. The third-order valence-corrected chi connectivity index (χ3v) is 4.37. The average molecular weight is 296 g/mol. The Labute approximate surface area is 127 Å². The van der Waals surface area contributed by atoms with Crippen LogP contribution in [0.3, 0.4) is 0 Å². The molecule has 2 unspecified atom stereocenters. The third-order valence-electron chi connectivity index (χ3n) is 4.07. The first kappa shape index (κ1) is 15.6. The van der Waals surface area contributed by atoms with E-state index in [1.807, 2.05) is 6.07 Å². The van der Waals surface area contributed by atoms with E-state index in [4.69, 9.17) is 16.3 Å². The molecule has 0 spiro atoms. The number of halogens is 1. The first-order valence-corrected chi connectivity index (χ1v) is 8.18. The number of hydrogen-bond acceptors (Lipinski definition) is 2. The number of aromatic nitrogens is 1. The van der Waals surface area contributed by atoms with Crippen molar-refractivity contribution >= 4 is 11.6 Å². The van der Waals surface area contributed by atoms with E-state index in [9.17, 15) is 0 Å². The van der Waals surface area contributed by atoms with Crippen molar-refractivity contribution in [2.24, 2.45) is 11.3 Å². The molecule has 1 aromatic heterocycles. The maximum atomic E-state index is 6.18. The molecule has 20 heavy (non-hydrogen) atoms. The fourth-order valence-electron chi connectivity index (χ4n) is 3.46. The molecule has 0 amide bonds. The first-order valence-electron chi connectivity index (χ1n) is 7.64. The minimum Gasteiger partial charge on any atom is -0.474 e. The summed E-state index contributed by atoms with van der Waals surface area (Å²) in [5.41, 5.74) is 2.51. The van der Waals surface area contributed by atoms with Gasteiger partial charge < -0.3 is 4.74 Å². The summed E-state index contributed by atoms with van der Waals surface area (Å²) in [7, 11) is 0. The lowest BCUT2D eigenvalue weighted by molar-refractivity contribution is 0.0531. The SMILES string of the molecule is CCc1cc(CCl)cc(OC2CC(C)CC(C)(C)C2)n1. The maximum absolute atomic E-state index is 6.18. The Balaban J connectivity index is 2.12. The maximum Gasteiger partial charge on any atom is 0.214 e. The largest absolute Gasteiger partial charge is 0.474 e. The van der Waals surface area contributed by atoms with Crippen LogP contribution in [0.5, 0.6) is 5.88 Å². The van der Waals surface area contributed by atoms with Gasteiger partial charge in [0.15, 0.2) is 0 Å². The molecule has 3 heteroatoms. The molecule has 0 saturated heterocycles. The van der Waals surface area contributed by atoms with E-state index in [1.54, 1.807) is 0 Å². The first-order chi connectivity index (χ1) is 9.41. The summed E-state index contributed by atoms with van der Waals surface area (Å²) in [6, 6.07) is 4.05. The van der Waals surface area contributed by atoms with Crippen molar-refractivity contribution in [3.63, 3.8) is 0 Å². The van der Waals surface area contributed by atoms with Gasteiger partial charge in [0, 0.05) is 17.6 Å². The average Bonchev–Trinajstić information content (AvgIpc) is 2.35. The van der Waals surface area contributed by atoms with Gasteiger partial charge in [-0.15, -0.1) is 11.6 Å². The summed E-state index contributed by atoms with van der Waals surface area (Å²) < 4.78 is 6.18. The number of hydrogen-bond donors (Lipinski definition) is 0. The summed E-state index contributed by atoms with van der Waals surface area (Å²) in [6.45, 7) is 9.09. The van der Waals surface area contributed by atoms with Gasteiger partial charge in [0.2, 0.25) is 5.88 Å². The van der Waals surface area contributed by atoms with Crippen LogP contribution < -0.4 is 4.74 Å². The third kappa shape index (κ3) is 4.12. The minimum absolute atomic E-state index is 0.275. The van der Waals surface area contributed by atoms with Crippen LogP contribution in [0, 0.1) is 11.3 Å². The van der Waals surface area contributed by atoms with Gasteiger partial charge in [-0.05, 0) is 48.6 Å². The van der Waals surface area contributed by atoms with E-state index in [0.29, 0.717) is 17.2 Å². The molecule has 0 bridgehead atoms. The van der Waals surface area contributed by atoms with Crippen molar-refractivity contribution in [2.45, 2.75) is 65.4 Å². The minimum atomic E-state index is 0.275. The second-order valence-corrected chi connectivity index (χ2v) is 7.21. The van der Waals surface area contributed by atoms with E-state index in [1.165, 1.54) is 6.42 Å². The molecule has 1 heterocycles. The summed E-state index contributed by atoms with van der Waals surface area (Å²) in [4.78, 5) is 4.59. The number of rotatable bonds is 4. The molecule has 0 radical (unpaired) electrons. The van der Waals surface area contributed by atoms with E-state index in [0.717, 1.165) is 36.4 Å². The Morgan fingerprint density at radius 1 is 1.35 bits per heavy atom. The number of nitrogens with zero attached hydrogens (tertiary/aromatic N) is 1. The van der Waals surface area contributed by atoms with Crippen LogP contribution in [-0.4, -0.2) is 11.1 Å². The zero-order valence-corrected chi connectivity index (χ0v) is 13.8. The van der Waals surface area contributed by atoms with E-state index >= 15 is 0 Å². The monoisotopic (exact) mass is 295 g/mol. The second kappa shape index (κ2) is 6.34. The highest BCUT2D eigenvalue weighted by Gasteiger charge is 2.33.